The Morgan fingerprint density at radius 2 is 1.31 bits per heavy atom. The van der Waals surface area contributed by atoms with Gasteiger partial charge in [-0.05, 0) is 31.6 Å². The molecule has 0 rings (SSSR count). The Hall–Kier alpha value is -0.860. The fraction of sp³-hybridized carbons (Fsp3) is 0.913. The van der Waals surface area contributed by atoms with Gasteiger partial charge < -0.3 is 9.53 Å². The first-order valence-electron chi connectivity index (χ1n) is 11.3. The van der Waals surface area contributed by atoms with E-state index in [9.17, 15) is 9.59 Å². The number of rotatable bonds is 20. The molecule has 0 aromatic heterocycles. The van der Waals surface area contributed by atoms with Crippen molar-refractivity contribution in [2.75, 3.05) is 6.61 Å². The van der Waals surface area contributed by atoms with Crippen molar-refractivity contribution in [2.45, 2.75) is 123 Å². The number of carbonyl (C=O) groups excluding carboxylic acids is 2. The van der Waals surface area contributed by atoms with E-state index in [1.165, 1.54) is 77.0 Å². The van der Waals surface area contributed by atoms with Gasteiger partial charge in [-0.3, -0.25) is 4.79 Å². The van der Waals surface area contributed by atoms with E-state index in [0.29, 0.717) is 25.4 Å². The zero-order valence-electron chi connectivity index (χ0n) is 17.6. The van der Waals surface area contributed by atoms with Gasteiger partial charge in [-0.25, -0.2) is 0 Å². The van der Waals surface area contributed by atoms with Gasteiger partial charge in [0.1, 0.15) is 6.29 Å². The second-order valence-electron chi connectivity index (χ2n) is 7.72. The monoisotopic (exact) mass is 368 g/mol. The summed E-state index contributed by atoms with van der Waals surface area (Å²) in [6, 6.07) is 0. The average molecular weight is 369 g/mol. The van der Waals surface area contributed by atoms with Gasteiger partial charge in [-0.15, -0.1) is 0 Å². The summed E-state index contributed by atoms with van der Waals surface area (Å²) < 4.78 is 5.55. The first kappa shape index (κ1) is 25.1. The first-order chi connectivity index (χ1) is 12.7. The van der Waals surface area contributed by atoms with E-state index in [1.807, 2.05) is 0 Å². The van der Waals surface area contributed by atoms with Crippen molar-refractivity contribution in [3.8, 4) is 0 Å². The molecule has 0 spiro atoms. The number of unbranched alkanes of at least 4 members (excludes halogenated alkanes) is 11. The predicted octanol–water partition coefficient (Wildman–Crippen LogP) is 7.02. The lowest BCUT2D eigenvalue weighted by molar-refractivity contribution is -0.145. The SMILES string of the molecule is CCCCCCCCC(CCCCCC)COC(=O)CCCCCC=O. The van der Waals surface area contributed by atoms with Crippen LogP contribution in [0.2, 0.25) is 0 Å². The van der Waals surface area contributed by atoms with Crippen LogP contribution in [0.1, 0.15) is 123 Å². The van der Waals surface area contributed by atoms with Crippen LogP contribution >= 0.6 is 0 Å². The maximum absolute atomic E-state index is 11.9. The highest BCUT2D eigenvalue weighted by atomic mass is 16.5. The van der Waals surface area contributed by atoms with Gasteiger partial charge in [-0.1, -0.05) is 84.5 Å². The Labute approximate surface area is 162 Å². The summed E-state index contributed by atoms with van der Waals surface area (Å²) in [5, 5.41) is 0. The molecule has 0 aliphatic rings. The Bertz CT molecular complexity index is 315. The molecule has 154 valence electrons. The van der Waals surface area contributed by atoms with Gasteiger partial charge >= 0.3 is 5.97 Å². The quantitative estimate of drug-likeness (QED) is 0.132. The van der Waals surface area contributed by atoms with Crippen molar-refractivity contribution in [3.05, 3.63) is 0 Å². The largest absolute Gasteiger partial charge is 0.465 e. The number of ether oxygens (including phenoxy) is 1. The topological polar surface area (TPSA) is 43.4 Å². The maximum atomic E-state index is 11.9. The third-order valence-electron chi connectivity index (χ3n) is 5.11. The molecule has 0 aromatic carbocycles. The molecule has 0 aromatic rings. The van der Waals surface area contributed by atoms with Crippen LogP contribution in [0.25, 0.3) is 0 Å². The van der Waals surface area contributed by atoms with E-state index in [4.69, 9.17) is 4.74 Å². The van der Waals surface area contributed by atoms with Gasteiger partial charge in [0, 0.05) is 12.8 Å². The lowest BCUT2D eigenvalue weighted by atomic mass is 9.95. The number of aldehydes is 1. The first-order valence-corrected chi connectivity index (χ1v) is 11.3. The summed E-state index contributed by atoms with van der Waals surface area (Å²) in [5.41, 5.74) is 0. The van der Waals surface area contributed by atoms with Gasteiger partial charge in [0.15, 0.2) is 0 Å². The Morgan fingerprint density at radius 3 is 1.92 bits per heavy atom. The van der Waals surface area contributed by atoms with Crippen LogP contribution in [0.5, 0.6) is 0 Å². The molecule has 0 aliphatic carbocycles. The Morgan fingerprint density at radius 1 is 0.769 bits per heavy atom. The molecule has 0 amide bonds. The summed E-state index contributed by atoms with van der Waals surface area (Å²) in [6.45, 7) is 5.10. The van der Waals surface area contributed by atoms with Crippen molar-refractivity contribution in [2.24, 2.45) is 5.92 Å². The lowest BCUT2D eigenvalue weighted by Gasteiger charge is -2.17. The predicted molar refractivity (Wildman–Crippen MR) is 110 cm³/mol. The molecule has 0 fully saturated rings. The molecule has 3 heteroatoms. The maximum Gasteiger partial charge on any atom is 0.305 e. The van der Waals surface area contributed by atoms with Crippen LogP contribution in [0.3, 0.4) is 0 Å². The summed E-state index contributed by atoms with van der Waals surface area (Å²) in [4.78, 5) is 22.2. The summed E-state index contributed by atoms with van der Waals surface area (Å²) in [6.07, 6.45) is 20.2. The molecule has 0 radical (unpaired) electrons. The minimum absolute atomic E-state index is 0.0578. The molecule has 0 saturated heterocycles. The second kappa shape index (κ2) is 20.5. The van der Waals surface area contributed by atoms with E-state index in [0.717, 1.165) is 25.5 Å². The van der Waals surface area contributed by atoms with Crippen molar-refractivity contribution < 1.29 is 14.3 Å². The van der Waals surface area contributed by atoms with E-state index < -0.39 is 0 Å². The third kappa shape index (κ3) is 17.9. The lowest BCUT2D eigenvalue weighted by Crippen LogP contribution is -2.14. The van der Waals surface area contributed by atoms with Crippen molar-refractivity contribution >= 4 is 12.3 Å². The van der Waals surface area contributed by atoms with Crippen molar-refractivity contribution in [1.82, 2.24) is 0 Å². The highest BCUT2D eigenvalue weighted by molar-refractivity contribution is 5.69. The molecule has 3 nitrogen and oxygen atoms in total. The van der Waals surface area contributed by atoms with Crippen LogP contribution in [-0.4, -0.2) is 18.9 Å². The molecular formula is C23H44O3. The van der Waals surface area contributed by atoms with E-state index in [1.54, 1.807) is 0 Å². The number of esters is 1. The molecular weight excluding hydrogens is 324 g/mol. The molecule has 0 saturated carbocycles. The number of carbonyl (C=O) groups is 2. The van der Waals surface area contributed by atoms with Gasteiger partial charge in [-0.2, -0.15) is 0 Å². The average Bonchev–Trinajstić information content (AvgIpc) is 2.65. The third-order valence-corrected chi connectivity index (χ3v) is 5.11. The Balaban J connectivity index is 3.92. The summed E-state index contributed by atoms with van der Waals surface area (Å²) in [5.74, 6) is 0.481. The van der Waals surface area contributed by atoms with Crippen molar-refractivity contribution in [1.29, 1.82) is 0 Å². The zero-order chi connectivity index (χ0) is 19.3. The smallest absolute Gasteiger partial charge is 0.305 e. The van der Waals surface area contributed by atoms with Crippen molar-refractivity contribution in [3.63, 3.8) is 0 Å². The van der Waals surface area contributed by atoms with Crippen LogP contribution < -0.4 is 0 Å². The van der Waals surface area contributed by atoms with E-state index >= 15 is 0 Å². The summed E-state index contributed by atoms with van der Waals surface area (Å²) >= 11 is 0. The number of hydrogen-bond donors (Lipinski definition) is 0. The van der Waals surface area contributed by atoms with Crippen LogP contribution in [0.4, 0.5) is 0 Å². The normalized spacial score (nSPS) is 12.1. The molecule has 0 aliphatic heterocycles. The van der Waals surface area contributed by atoms with Crippen LogP contribution in [-0.2, 0) is 14.3 Å². The fourth-order valence-electron chi connectivity index (χ4n) is 3.34. The zero-order valence-corrected chi connectivity index (χ0v) is 17.6. The minimum Gasteiger partial charge on any atom is -0.465 e. The van der Waals surface area contributed by atoms with Gasteiger partial charge in [0.25, 0.3) is 0 Å². The molecule has 26 heavy (non-hydrogen) atoms. The fourth-order valence-corrected chi connectivity index (χ4v) is 3.34. The highest BCUT2D eigenvalue weighted by Gasteiger charge is 2.12. The summed E-state index contributed by atoms with van der Waals surface area (Å²) in [7, 11) is 0. The van der Waals surface area contributed by atoms with E-state index in [-0.39, 0.29) is 5.97 Å². The van der Waals surface area contributed by atoms with E-state index in [2.05, 4.69) is 13.8 Å². The highest BCUT2D eigenvalue weighted by Crippen LogP contribution is 2.19. The Kier molecular flexibility index (Phi) is 19.8. The molecule has 1 atom stereocenters. The molecule has 0 bridgehead atoms. The second-order valence-corrected chi connectivity index (χ2v) is 7.72. The molecule has 0 heterocycles. The van der Waals surface area contributed by atoms with Gasteiger partial charge in [0.05, 0.1) is 6.61 Å². The molecule has 1 unspecified atom stereocenters. The van der Waals surface area contributed by atoms with Crippen LogP contribution in [0, 0.1) is 5.92 Å². The van der Waals surface area contributed by atoms with Crippen LogP contribution in [0.15, 0.2) is 0 Å². The van der Waals surface area contributed by atoms with Gasteiger partial charge in [0.2, 0.25) is 0 Å². The standard InChI is InChI=1S/C23H44O3/c1-3-5-7-9-10-14-18-22(17-13-8-6-4-2)21-26-23(25)19-15-11-12-16-20-24/h20,22H,3-19,21H2,1-2H3. The number of hydrogen-bond acceptors (Lipinski definition) is 3. The minimum atomic E-state index is -0.0578. The molecule has 0 N–H and O–H groups in total.